The standard InChI is InChI=1S/C26H26ClN3O2/c1-19(31)21-10-7-11-22(18-21)28-26(32)25(20-8-3-2-4-9-20)30-16-14-29(15-17-30)24-13-6-5-12-23(24)27/h2-13,18,25H,14-17H2,1H3,(H,28,32). The monoisotopic (exact) mass is 447 g/mol. The van der Waals surface area contributed by atoms with E-state index in [1.807, 2.05) is 60.7 Å². The molecule has 1 saturated heterocycles. The van der Waals surface area contributed by atoms with Crippen LogP contribution in [0.1, 0.15) is 28.9 Å². The zero-order chi connectivity index (χ0) is 22.5. The summed E-state index contributed by atoms with van der Waals surface area (Å²) in [4.78, 5) is 29.6. The summed E-state index contributed by atoms with van der Waals surface area (Å²) < 4.78 is 0. The number of piperazine rings is 1. The van der Waals surface area contributed by atoms with Crippen molar-refractivity contribution < 1.29 is 9.59 Å². The lowest BCUT2D eigenvalue weighted by Gasteiger charge is -2.40. The van der Waals surface area contributed by atoms with E-state index in [4.69, 9.17) is 11.6 Å². The number of carbonyl (C=O) groups excluding carboxylic acids is 2. The molecule has 1 N–H and O–H groups in total. The van der Waals surface area contributed by atoms with Crippen LogP contribution in [0.2, 0.25) is 5.02 Å². The summed E-state index contributed by atoms with van der Waals surface area (Å²) in [6.07, 6.45) is 0. The number of nitrogens with one attached hydrogen (secondary N) is 1. The SMILES string of the molecule is CC(=O)c1cccc(NC(=O)C(c2ccccc2)N2CCN(c3ccccc3Cl)CC2)c1. The van der Waals surface area contributed by atoms with Gasteiger partial charge < -0.3 is 10.2 Å². The van der Waals surface area contributed by atoms with E-state index in [1.165, 1.54) is 6.92 Å². The third-order valence-electron chi connectivity index (χ3n) is 5.77. The van der Waals surface area contributed by atoms with Crippen molar-refractivity contribution in [3.63, 3.8) is 0 Å². The first kappa shape index (κ1) is 22.1. The number of benzene rings is 3. The maximum absolute atomic E-state index is 13.4. The van der Waals surface area contributed by atoms with Crippen molar-refractivity contribution in [2.75, 3.05) is 36.4 Å². The van der Waals surface area contributed by atoms with Gasteiger partial charge in [-0.25, -0.2) is 0 Å². The summed E-state index contributed by atoms with van der Waals surface area (Å²) in [5, 5.41) is 3.76. The van der Waals surface area contributed by atoms with Crippen LogP contribution in [0.25, 0.3) is 0 Å². The largest absolute Gasteiger partial charge is 0.368 e. The fourth-order valence-corrected chi connectivity index (χ4v) is 4.37. The molecule has 0 radical (unpaired) electrons. The lowest BCUT2D eigenvalue weighted by molar-refractivity contribution is -0.121. The number of hydrogen-bond donors (Lipinski definition) is 1. The number of rotatable bonds is 6. The Morgan fingerprint density at radius 1 is 0.875 bits per heavy atom. The number of Topliss-reactive ketones (excluding diaryl/α,β-unsaturated/α-hetero) is 1. The second-order valence-corrected chi connectivity index (χ2v) is 8.32. The third-order valence-corrected chi connectivity index (χ3v) is 6.09. The number of amides is 1. The molecule has 3 aromatic carbocycles. The molecular weight excluding hydrogens is 422 g/mol. The van der Waals surface area contributed by atoms with Crippen LogP contribution in [0.15, 0.2) is 78.9 Å². The van der Waals surface area contributed by atoms with Crippen LogP contribution in [0, 0.1) is 0 Å². The number of para-hydroxylation sites is 1. The average molecular weight is 448 g/mol. The van der Waals surface area contributed by atoms with Gasteiger partial charge in [0.25, 0.3) is 0 Å². The van der Waals surface area contributed by atoms with E-state index in [9.17, 15) is 9.59 Å². The minimum absolute atomic E-state index is 0.0311. The molecule has 3 aromatic rings. The molecular formula is C26H26ClN3O2. The van der Waals surface area contributed by atoms with Gasteiger partial charge in [0.1, 0.15) is 6.04 Å². The van der Waals surface area contributed by atoms with Crippen LogP contribution in [-0.4, -0.2) is 42.8 Å². The minimum atomic E-state index is -0.425. The molecule has 4 rings (SSSR count). The highest BCUT2D eigenvalue weighted by Gasteiger charge is 2.31. The number of ketones is 1. The molecule has 1 amide bonds. The normalized spacial score (nSPS) is 15.2. The Kier molecular flexibility index (Phi) is 6.88. The van der Waals surface area contributed by atoms with Gasteiger partial charge in [0, 0.05) is 37.4 Å². The first-order valence-electron chi connectivity index (χ1n) is 10.7. The topological polar surface area (TPSA) is 52.7 Å². The molecule has 6 heteroatoms. The summed E-state index contributed by atoms with van der Waals surface area (Å²) in [5.74, 6) is -0.139. The van der Waals surface area contributed by atoms with Gasteiger partial charge in [0.15, 0.2) is 5.78 Å². The maximum atomic E-state index is 13.4. The quantitative estimate of drug-likeness (QED) is 0.537. The summed E-state index contributed by atoms with van der Waals surface area (Å²) in [6.45, 7) is 4.53. The predicted octanol–water partition coefficient (Wildman–Crippen LogP) is 5.04. The molecule has 164 valence electrons. The smallest absolute Gasteiger partial charge is 0.246 e. The predicted molar refractivity (Wildman–Crippen MR) is 129 cm³/mol. The Balaban J connectivity index is 1.53. The van der Waals surface area contributed by atoms with E-state index in [2.05, 4.69) is 15.1 Å². The molecule has 1 aliphatic rings. The van der Waals surface area contributed by atoms with Gasteiger partial charge in [-0.2, -0.15) is 0 Å². The fraction of sp³-hybridized carbons (Fsp3) is 0.231. The van der Waals surface area contributed by atoms with Gasteiger partial charge >= 0.3 is 0 Å². The highest BCUT2D eigenvalue weighted by atomic mass is 35.5. The zero-order valence-electron chi connectivity index (χ0n) is 18.0. The fourth-order valence-electron chi connectivity index (χ4n) is 4.12. The third kappa shape index (κ3) is 5.01. The summed E-state index contributed by atoms with van der Waals surface area (Å²) in [7, 11) is 0. The van der Waals surface area contributed by atoms with Gasteiger partial charge in [0.2, 0.25) is 5.91 Å². The van der Waals surface area contributed by atoms with E-state index in [0.29, 0.717) is 11.3 Å². The lowest BCUT2D eigenvalue weighted by atomic mass is 10.0. The van der Waals surface area contributed by atoms with Gasteiger partial charge in [-0.1, -0.05) is 66.2 Å². The molecule has 0 saturated carbocycles. The molecule has 0 aliphatic carbocycles. The van der Waals surface area contributed by atoms with E-state index < -0.39 is 6.04 Å². The summed E-state index contributed by atoms with van der Waals surface area (Å²) >= 11 is 6.38. The molecule has 1 unspecified atom stereocenters. The lowest BCUT2D eigenvalue weighted by Crippen LogP contribution is -2.50. The molecule has 5 nitrogen and oxygen atoms in total. The molecule has 1 aliphatic heterocycles. The maximum Gasteiger partial charge on any atom is 0.246 e. The first-order valence-corrected chi connectivity index (χ1v) is 11.1. The van der Waals surface area contributed by atoms with Crippen molar-refractivity contribution in [2.45, 2.75) is 13.0 Å². The number of anilines is 2. The van der Waals surface area contributed by atoms with Crippen molar-refractivity contribution in [3.8, 4) is 0 Å². The van der Waals surface area contributed by atoms with Gasteiger partial charge in [-0.05, 0) is 36.8 Å². The van der Waals surface area contributed by atoms with Crippen molar-refractivity contribution in [1.29, 1.82) is 0 Å². The van der Waals surface area contributed by atoms with Crippen molar-refractivity contribution in [3.05, 3.63) is 95.0 Å². The molecule has 32 heavy (non-hydrogen) atoms. The Labute approximate surface area is 193 Å². The molecule has 0 spiro atoms. The van der Waals surface area contributed by atoms with Crippen LogP contribution in [0.3, 0.4) is 0 Å². The van der Waals surface area contributed by atoms with Crippen molar-refractivity contribution in [1.82, 2.24) is 4.90 Å². The first-order chi connectivity index (χ1) is 15.5. The van der Waals surface area contributed by atoms with E-state index in [-0.39, 0.29) is 11.7 Å². The molecule has 0 bridgehead atoms. The molecule has 1 atom stereocenters. The van der Waals surface area contributed by atoms with Crippen molar-refractivity contribution >= 4 is 34.7 Å². The Bertz CT molecular complexity index is 1090. The van der Waals surface area contributed by atoms with E-state index in [1.54, 1.807) is 18.2 Å². The van der Waals surface area contributed by atoms with Crippen LogP contribution >= 0.6 is 11.6 Å². The summed E-state index contributed by atoms with van der Waals surface area (Å²) in [6, 6.07) is 24.3. The van der Waals surface area contributed by atoms with E-state index >= 15 is 0 Å². The second-order valence-electron chi connectivity index (χ2n) is 7.91. The molecule has 1 heterocycles. The molecule has 0 aromatic heterocycles. The number of nitrogens with zero attached hydrogens (tertiary/aromatic N) is 2. The molecule has 1 fully saturated rings. The van der Waals surface area contributed by atoms with Crippen LogP contribution in [0.5, 0.6) is 0 Å². The number of halogens is 1. The van der Waals surface area contributed by atoms with Gasteiger partial charge in [0.05, 0.1) is 10.7 Å². The highest BCUT2D eigenvalue weighted by Crippen LogP contribution is 2.29. The Hall–Kier alpha value is -3.15. The van der Waals surface area contributed by atoms with Crippen LogP contribution in [-0.2, 0) is 4.79 Å². The Morgan fingerprint density at radius 3 is 2.25 bits per heavy atom. The van der Waals surface area contributed by atoms with E-state index in [0.717, 1.165) is 42.5 Å². The second kappa shape index (κ2) is 9.98. The Morgan fingerprint density at radius 2 is 1.56 bits per heavy atom. The zero-order valence-corrected chi connectivity index (χ0v) is 18.8. The van der Waals surface area contributed by atoms with Gasteiger partial charge in [-0.3, -0.25) is 14.5 Å². The number of carbonyl (C=O) groups is 2. The average Bonchev–Trinajstić information content (AvgIpc) is 2.81. The summed E-state index contributed by atoms with van der Waals surface area (Å²) in [5.41, 5.74) is 3.17. The number of hydrogen-bond acceptors (Lipinski definition) is 4. The van der Waals surface area contributed by atoms with Crippen LogP contribution < -0.4 is 10.2 Å². The van der Waals surface area contributed by atoms with Gasteiger partial charge in [-0.15, -0.1) is 0 Å². The van der Waals surface area contributed by atoms with Crippen LogP contribution in [0.4, 0.5) is 11.4 Å². The minimum Gasteiger partial charge on any atom is -0.368 e. The highest BCUT2D eigenvalue weighted by molar-refractivity contribution is 6.33. The van der Waals surface area contributed by atoms with Crippen molar-refractivity contribution in [2.24, 2.45) is 0 Å².